The first kappa shape index (κ1) is 23.3. The maximum absolute atomic E-state index is 13.5. The molecule has 1 N–H and O–H groups in total. The van der Waals surface area contributed by atoms with Gasteiger partial charge < -0.3 is 9.84 Å². The van der Waals surface area contributed by atoms with Crippen molar-refractivity contribution in [2.45, 2.75) is 18.9 Å². The number of hydrogen-bond donors (Lipinski definition) is 1. The van der Waals surface area contributed by atoms with E-state index in [1.54, 1.807) is 42.5 Å². The summed E-state index contributed by atoms with van der Waals surface area (Å²) in [4.78, 5) is 16.3. The molecule has 0 aliphatic heterocycles. The lowest BCUT2D eigenvalue weighted by molar-refractivity contribution is 0.0592. The van der Waals surface area contributed by atoms with Gasteiger partial charge in [-0.2, -0.15) is 0 Å². The van der Waals surface area contributed by atoms with Gasteiger partial charge in [0.25, 0.3) is 0 Å². The Morgan fingerprint density at radius 2 is 1.79 bits per heavy atom. The molecule has 0 radical (unpaired) electrons. The van der Waals surface area contributed by atoms with Crippen molar-refractivity contribution in [3.8, 4) is 0 Å². The number of ether oxygens (including phenoxy) is 1. The lowest BCUT2D eigenvalue weighted by Crippen LogP contribution is -2.09. The van der Waals surface area contributed by atoms with E-state index in [2.05, 4.69) is 4.98 Å². The van der Waals surface area contributed by atoms with Crippen molar-refractivity contribution in [2.75, 3.05) is 7.11 Å². The molecule has 4 aromatic rings. The number of hydrogen-bond acceptors (Lipinski definition) is 4. The first-order valence-electron chi connectivity index (χ1n) is 10.8. The first-order valence-corrected chi connectivity index (χ1v) is 10.8. The van der Waals surface area contributed by atoms with Crippen LogP contribution in [0.15, 0.2) is 72.8 Å². The fraction of sp³-hybridized carbons (Fsp3) is 0.143. The van der Waals surface area contributed by atoms with Crippen LogP contribution in [0.3, 0.4) is 0 Å². The largest absolute Gasteiger partial charge is 0.465 e. The zero-order valence-electron chi connectivity index (χ0n) is 18.5. The van der Waals surface area contributed by atoms with Crippen LogP contribution in [0.5, 0.6) is 0 Å². The highest BCUT2D eigenvalue weighted by Crippen LogP contribution is 2.24. The van der Waals surface area contributed by atoms with Gasteiger partial charge in [-0.3, -0.25) is 0 Å². The van der Waals surface area contributed by atoms with Gasteiger partial charge in [0.05, 0.1) is 30.0 Å². The van der Waals surface area contributed by atoms with Crippen molar-refractivity contribution in [1.29, 1.82) is 0 Å². The highest BCUT2D eigenvalue weighted by molar-refractivity contribution is 5.91. The summed E-state index contributed by atoms with van der Waals surface area (Å²) in [5.41, 5.74) is 3.88. The molecular formula is C28H23F2NO3. The van der Waals surface area contributed by atoms with Crippen molar-refractivity contribution >= 4 is 29.0 Å². The predicted octanol–water partition coefficient (Wildman–Crippen LogP) is 6.14. The van der Waals surface area contributed by atoms with Gasteiger partial charge in [-0.25, -0.2) is 18.6 Å². The number of nitrogens with zero attached hydrogens (tertiary/aromatic N) is 1. The van der Waals surface area contributed by atoms with Crippen molar-refractivity contribution in [2.24, 2.45) is 0 Å². The maximum atomic E-state index is 13.5. The fourth-order valence-electron chi connectivity index (χ4n) is 3.80. The number of pyridine rings is 1. The Morgan fingerprint density at radius 3 is 2.62 bits per heavy atom. The van der Waals surface area contributed by atoms with Crippen molar-refractivity contribution in [1.82, 2.24) is 4.98 Å². The second-order valence-electron chi connectivity index (χ2n) is 7.91. The number of methoxy groups -OCH3 is 1. The molecule has 1 atom stereocenters. The standard InChI is InChI=1S/C28H23F2NO3/c1-34-28(33)23-8-3-2-7-22(23)27(32)14-10-19-6-4-5-18(15-19)9-12-21-13-11-20-16-24(29)25(30)17-26(20)31-21/h2-9,11-13,15-17,27,32H,10,14H2,1H3/t27-/m0/s1. The minimum absolute atomic E-state index is 0.361. The van der Waals surface area contributed by atoms with E-state index < -0.39 is 23.7 Å². The third-order valence-electron chi connectivity index (χ3n) is 5.58. The number of aliphatic hydroxyl groups is 1. The van der Waals surface area contributed by atoms with Crippen LogP contribution in [0, 0.1) is 11.6 Å². The molecule has 0 unspecified atom stereocenters. The molecule has 0 saturated heterocycles. The fourth-order valence-corrected chi connectivity index (χ4v) is 3.80. The van der Waals surface area contributed by atoms with E-state index in [0.717, 1.165) is 23.3 Å². The van der Waals surface area contributed by atoms with Gasteiger partial charge in [0.15, 0.2) is 11.6 Å². The van der Waals surface area contributed by atoms with E-state index in [4.69, 9.17) is 4.74 Å². The zero-order valence-corrected chi connectivity index (χ0v) is 18.5. The molecule has 4 rings (SSSR count). The molecule has 1 aromatic heterocycles. The topological polar surface area (TPSA) is 59.4 Å². The molecule has 0 saturated carbocycles. The minimum atomic E-state index is -0.926. The summed E-state index contributed by atoms with van der Waals surface area (Å²) in [6.45, 7) is 0. The molecule has 1 heterocycles. The third kappa shape index (κ3) is 5.35. The van der Waals surface area contributed by atoms with Gasteiger partial charge in [-0.15, -0.1) is 0 Å². The van der Waals surface area contributed by atoms with Crippen LogP contribution < -0.4 is 0 Å². The van der Waals surface area contributed by atoms with E-state index in [1.807, 2.05) is 30.3 Å². The summed E-state index contributed by atoms with van der Waals surface area (Å²) in [6, 6.07) is 20.4. The summed E-state index contributed by atoms with van der Waals surface area (Å²) in [6.07, 6.45) is 3.94. The summed E-state index contributed by atoms with van der Waals surface area (Å²) >= 11 is 0. The Balaban J connectivity index is 1.45. The van der Waals surface area contributed by atoms with Crippen molar-refractivity contribution < 1.29 is 23.4 Å². The van der Waals surface area contributed by atoms with Crippen molar-refractivity contribution in [3.05, 3.63) is 112 Å². The number of benzene rings is 3. The summed E-state index contributed by atoms with van der Waals surface area (Å²) in [5, 5.41) is 11.2. The van der Waals surface area contributed by atoms with E-state index in [-0.39, 0.29) is 0 Å². The highest BCUT2D eigenvalue weighted by Gasteiger charge is 2.17. The van der Waals surface area contributed by atoms with Crippen LogP contribution in [-0.4, -0.2) is 23.2 Å². The SMILES string of the molecule is COC(=O)c1ccccc1[C@@H](O)CCc1cccc(C=Cc2ccc3cc(F)c(F)cc3n2)c1. The molecule has 0 aliphatic rings. The van der Waals surface area contributed by atoms with Gasteiger partial charge in [0.1, 0.15) is 0 Å². The number of fused-ring (bicyclic) bond motifs is 1. The second kappa shape index (κ2) is 10.4. The lowest BCUT2D eigenvalue weighted by atomic mass is 9.96. The van der Waals surface area contributed by atoms with Gasteiger partial charge in [0, 0.05) is 11.5 Å². The number of rotatable bonds is 7. The monoisotopic (exact) mass is 459 g/mol. The van der Waals surface area contributed by atoms with E-state index >= 15 is 0 Å². The number of carbonyl (C=O) groups excluding carboxylic acids is 1. The lowest BCUT2D eigenvalue weighted by Gasteiger charge is -2.14. The third-order valence-corrected chi connectivity index (χ3v) is 5.58. The van der Waals surface area contributed by atoms with Gasteiger partial charge in [0.2, 0.25) is 0 Å². The van der Waals surface area contributed by atoms with Crippen LogP contribution in [0.25, 0.3) is 23.1 Å². The molecule has 6 heteroatoms. The number of aryl methyl sites for hydroxylation is 1. The number of carbonyl (C=O) groups is 1. The van der Waals surface area contributed by atoms with Crippen LogP contribution in [0.4, 0.5) is 8.78 Å². The van der Waals surface area contributed by atoms with Crippen LogP contribution in [-0.2, 0) is 11.2 Å². The Kier molecular flexibility index (Phi) is 7.09. The highest BCUT2D eigenvalue weighted by atomic mass is 19.2. The molecule has 172 valence electrons. The quantitative estimate of drug-likeness (QED) is 0.338. The number of aromatic nitrogens is 1. The smallest absolute Gasteiger partial charge is 0.338 e. The van der Waals surface area contributed by atoms with E-state index in [9.17, 15) is 18.7 Å². The summed E-state index contributed by atoms with van der Waals surface area (Å²) in [7, 11) is 1.32. The predicted molar refractivity (Wildman–Crippen MR) is 128 cm³/mol. The zero-order chi connectivity index (χ0) is 24.1. The molecule has 4 nitrogen and oxygen atoms in total. The average molecular weight is 459 g/mol. The second-order valence-corrected chi connectivity index (χ2v) is 7.91. The Labute approximate surface area is 196 Å². The van der Waals surface area contributed by atoms with Crippen LogP contribution >= 0.6 is 0 Å². The molecule has 3 aromatic carbocycles. The van der Waals surface area contributed by atoms with Gasteiger partial charge in [-0.1, -0.05) is 54.6 Å². The average Bonchev–Trinajstić information content (AvgIpc) is 2.86. The Morgan fingerprint density at radius 1 is 1.00 bits per heavy atom. The number of aliphatic hydroxyl groups excluding tert-OH is 1. The Bertz CT molecular complexity index is 1370. The molecule has 0 spiro atoms. The molecule has 34 heavy (non-hydrogen) atoms. The molecule has 0 aliphatic carbocycles. The number of esters is 1. The minimum Gasteiger partial charge on any atom is -0.465 e. The van der Waals surface area contributed by atoms with E-state index in [0.29, 0.717) is 40.6 Å². The maximum Gasteiger partial charge on any atom is 0.338 e. The summed E-state index contributed by atoms with van der Waals surface area (Å²) < 4.78 is 31.7. The first-order chi connectivity index (χ1) is 16.4. The van der Waals surface area contributed by atoms with Crippen LogP contribution in [0.2, 0.25) is 0 Å². The van der Waals surface area contributed by atoms with Gasteiger partial charge >= 0.3 is 5.97 Å². The normalized spacial score (nSPS) is 12.2. The molecule has 0 fully saturated rings. The van der Waals surface area contributed by atoms with Crippen molar-refractivity contribution in [3.63, 3.8) is 0 Å². The van der Waals surface area contributed by atoms with Crippen LogP contribution in [0.1, 0.15) is 45.3 Å². The van der Waals surface area contributed by atoms with Gasteiger partial charge in [-0.05, 0) is 53.8 Å². The van der Waals surface area contributed by atoms with E-state index in [1.165, 1.54) is 7.11 Å². The number of halogens is 2. The summed E-state index contributed by atoms with van der Waals surface area (Å²) in [5.74, 6) is -2.30. The Hall–Kier alpha value is -3.90. The molecule has 0 bridgehead atoms. The molecule has 0 amide bonds. The molecular weight excluding hydrogens is 436 g/mol.